The van der Waals surface area contributed by atoms with Crippen LogP contribution in [-0.2, 0) is 10.5 Å². The van der Waals surface area contributed by atoms with Gasteiger partial charge in [0.25, 0.3) is 11.1 Å². The van der Waals surface area contributed by atoms with Crippen molar-refractivity contribution in [2.45, 2.75) is 30.4 Å². The third-order valence-corrected chi connectivity index (χ3v) is 5.80. The normalized spacial score (nSPS) is 16.3. The van der Waals surface area contributed by atoms with Gasteiger partial charge in [-0.15, -0.1) is 10.2 Å². The number of hydrazone groups is 1. The minimum Gasteiger partial charge on any atom is -0.467 e. The number of aryl methyl sites for hydroxylation is 1. The Kier molecular flexibility index (Phi) is 6.05. The molecule has 2 aromatic heterocycles. The van der Waals surface area contributed by atoms with Crippen LogP contribution < -0.4 is 0 Å². The van der Waals surface area contributed by atoms with Crippen LogP contribution in [0.5, 0.6) is 0 Å². The average Bonchev–Trinajstić information content (AvgIpc) is 3.47. The quantitative estimate of drug-likeness (QED) is 0.519. The largest absolute Gasteiger partial charge is 0.467 e. The number of furan rings is 1. The highest BCUT2D eigenvalue weighted by molar-refractivity contribution is 7.99. The molecule has 0 N–H and O–H groups in total. The molecule has 1 aliphatic rings. The van der Waals surface area contributed by atoms with E-state index in [-0.39, 0.29) is 17.7 Å². The van der Waals surface area contributed by atoms with Crippen molar-refractivity contribution in [3.05, 3.63) is 65.4 Å². The Hall–Kier alpha value is -2.52. The van der Waals surface area contributed by atoms with Gasteiger partial charge in [0.15, 0.2) is 0 Å². The van der Waals surface area contributed by atoms with Gasteiger partial charge in [-0.2, -0.15) is 16.9 Å². The Morgan fingerprint density at radius 1 is 1.24 bits per heavy atom. The van der Waals surface area contributed by atoms with E-state index in [2.05, 4.69) is 15.3 Å². The minimum atomic E-state index is -0.260. The highest BCUT2D eigenvalue weighted by atomic mass is 32.2. The molecular weight excluding hydrogens is 408 g/mol. The Morgan fingerprint density at radius 3 is 2.79 bits per heavy atom. The zero-order valence-electron chi connectivity index (χ0n) is 16.1. The maximum absolute atomic E-state index is 13.0. The molecule has 1 aliphatic heterocycles. The van der Waals surface area contributed by atoms with Gasteiger partial charge in [-0.25, -0.2) is 5.01 Å². The third kappa shape index (κ3) is 4.56. The van der Waals surface area contributed by atoms with Crippen LogP contribution in [0.3, 0.4) is 0 Å². The van der Waals surface area contributed by atoms with Crippen molar-refractivity contribution < 1.29 is 13.6 Å². The van der Waals surface area contributed by atoms with E-state index in [0.29, 0.717) is 29.0 Å². The van der Waals surface area contributed by atoms with E-state index in [9.17, 15) is 4.79 Å². The van der Waals surface area contributed by atoms with E-state index in [1.54, 1.807) is 18.0 Å². The van der Waals surface area contributed by atoms with Gasteiger partial charge >= 0.3 is 0 Å². The Labute approximate surface area is 176 Å². The molecule has 1 amide bonds. The van der Waals surface area contributed by atoms with E-state index >= 15 is 0 Å². The second-order valence-electron chi connectivity index (χ2n) is 6.57. The van der Waals surface area contributed by atoms with Crippen LogP contribution in [-0.4, -0.2) is 38.8 Å². The smallest absolute Gasteiger partial charge is 0.277 e. The zero-order valence-corrected chi connectivity index (χ0v) is 17.7. The highest BCUT2D eigenvalue weighted by Crippen LogP contribution is 2.34. The Balaban J connectivity index is 1.50. The van der Waals surface area contributed by atoms with Crippen LogP contribution >= 0.6 is 23.5 Å². The fourth-order valence-corrected chi connectivity index (χ4v) is 4.03. The number of benzene rings is 1. The topological polar surface area (TPSA) is 84.7 Å². The van der Waals surface area contributed by atoms with Crippen molar-refractivity contribution in [1.29, 1.82) is 0 Å². The summed E-state index contributed by atoms with van der Waals surface area (Å²) in [4.78, 5) is 13.0. The first-order valence-corrected chi connectivity index (χ1v) is 11.5. The Bertz CT molecular complexity index is 999. The number of hydrogen-bond donors (Lipinski definition) is 0. The van der Waals surface area contributed by atoms with Gasteiger partial charge in [-0.3, -0.25) is 4.79 Å². The molecule has 4 rings (SSSR count). The molecule has 1 aromatic carbocycles. The van der Waals surface area contributed by atoms with Crippen molar-refractivity contribution in [2.24, 2.45) is 5.10 Å². The summed E-state index contributed by atoms with van der Waals surface area (Å²) in [5, 5.41) is 14.5. The molecule has 0 fully saturated rings. The monoisotopic (exact) mass is 428 g/mol. The number of thioether (sulfide) groups is 2. The summed E-state index contributed by atoms with van der Waals surface area (Å²) in [5.74, 6) is 1.94. The standard InChI is InChI=1S/C20H20N4O3S2/c1-13-5-7-14(8-6-13)15-10-16(17-4-3-9-26-17)24(23-15)19(25)12-29-20-22-21-18(27-20)11-28-2/h3-9,16H,10-12H2,1-2H3. The van der Waals surface area contributed by atoms with Crippen LogP contribution in [0.2, 0.25) is 0 Å². The van der Waals surface area contributed by atoms with Crippen LogP contribution in [0, 0.1) is 6.92 Å². The van der Waals surface area contributed by atoms with Gasteiger partial charge < -0.3 is 8.83 Å². The van der Waals surface area contributed by atoms with Crippen molar-refractivity contribution in [2.75, 3.05) is 12.0 Å². The highest BCUT2D eigenvalue weighted by Gasteiger charge is 2.34. The molecule has 0 saturated heterocycles. The van der Waals surface area contributed by atoms with E-state index in [1.807, 2.05) is 49.6 Å². The van der Waals surface area contributed by atoms with E-state index in [4.69, 9.17) is 8.83 Å². The number of rotatable bonds is 7. The van der Waals surface area contributed by atoms with Crippen LogP contribution in [0.15, 0.2) is 61.8 Å². The van der Waals surface area contributed by atoms with E-state index in [0.717, 1.165) is 11.3 Å². The molecule has 0 spiro atoms. The molecule has 0 aliphatic carbocycles. The molecule has 0 saturated carbocycles. The molecule has 7 nitrogen and oxygen atoms in total. The lowest BCUT2D eigenvalue weighted by Crippen LogP contribution is -2.28. The molecule has 9 heteroatoms. The number of nitrogens with zero attached hydrogens (tertiary/aromatic N) is 4. The second-order valence-corrected chi connectivity index (χ2v) is 8.36. The molecule has 1 unspecified atom stereocenters. The molecule has 0 bridgehead atoms. The molecule has 3 heterocycles. The second kappa shape index (κ2) is 8.87. The maximum atomic E-state index is 13.0. The van der Waals surface area contributed by atoms with E-state index in [1.165, 1.54) is 22.3 Å². The van der Waals surface area contributed by atoms with Crippen molar-refractivity contribution in [3.63, 3.8) is 0 Å². The molecule has 0 radical (unpaired) electrons. The molecule has 3 aromatic rings. The van der Waals surface area contributed by atoms with Gasteiger partial charge in [-0.05, 0) is 30.9 Å². The number of hydrogen-bond acceptors (Lipinski definition) is 8. The predicted molar refractivity (Wildman–Crippen MR) is 113 cm³/mol. The summed E-state index contributed by atoms with van der Waals surface area (Å²) in [6.07, 6.45) is 4.18. The fraction of sp³-hybridized carbons (Fsp3) is 0.300. The van der Waals surface area contributed by atoms with Gasteiger partial charge in [0, 0.05) is 6.42 Å². The van der Waals surface area contributed by atoms with E-state index < -0.39 is 0 Å². The summed E-state index contributed by atoms with van der Waals surface area (Å²) < 4.78 is 11.1. The van der Waals surface area contributed by atoms with Crippen molar-refractivity contribution in [1.82, 2.24) is 15.2 Å². The maximum Gasteiger partial charge on any atom is 0.277 e. The summed E-state index contributed by atoms with van der Waals surface area (Å²) in [6, 6.07) is 11.6. The lowest BCUT2D eigenvalue weighted by molar-refractivity contribution is -0.130. The summed E-state index contributed by atoms with van der Waals surface area (Å²) in [6.45, 7) is 2.04. The lowest BCUT2D eigenvalue weighted by Gasteiger charge is -2.19. The van der Waals surface area contributed by atoms with Gasteiger partial charge in [-0.1, -0.05) is 41.6 Å². The van der Waals surface area contributed by atoms with Crippen molar-refractivity contribution >= 4 is 35.1 Å². The lowest BCUT2D eigenvalue weighted by atomic mass is 10.0. The fourth-order valence-electron chi connectivity index (χ4n) is 3.03. The third-order valence-electron chi connectivity index (χ3n) is 4.46. The van der Waals surface area contributed by atoms with Gasteiger partial charge in [0.1, 0.15) is 11.8 Å². The number of aromatic nitrogens is 2. The van der Waals surface area contributed by atoms with Gasteiger partial charge in [0.2, 0.25) is 5.89 Å². The number of amides is 1. The average molecular weight is 429 g/mol. The molecule has 1 atom stereocenters. The Morgan fingerprint density at radius 2 is 2.07 bits per heavy atom. The molecular formula is C20H20N4O3S2. The molecule has 150 valence electrons. The minimum absolute atomic E-state index is 0.136. The predicted octanol–water partition coefficient (Wildman–Crippen LogP) is 4.30. The molecule has 29 heavy (non-hydrogen) atoms. The first-order valence-electron chi connectivity index (χ1n) is 9.08. The zero-order chi connectivity index (χ0) is 20.2. The summed E-state index contributed by atoms with van der Waals surface area (Å²) in [7, 11) is 0. The van der Waals surface area contributed by atoms with Gasteiger partial charge in [0.05, 0.1) is 23.5 Å². The van der Waals surface area contributed by atoms with Crippen LogP contribution in [0.25, 0.3) is 0 Å². The van der Waals surface area contributed by atoms with Crippen LogP contribution in [0.1, 0.15) is 35.2 Å². The number of carbonyl (C=O) groups is 1. The first-order chi connectivity index (χ1) is 14.1. The first kappa shape index (κ1) is 19.8. The number of carbonyl (C=O) groups excluding carboxylic acids is 1. The van der Waals surface area contributed by atoms with Crippen molar-refractivity contribution in [3.8, 4) is 0 Å². The summed E-state index contributed by atoms with van der Waals surface area (Å²) >= 11 is 2.82. The summed E-state index contributed by atoms with van der Waals surface area (Å²) in [5.41, 5.74) is 3.05. The SMILES string of the molecule is CSCc1nnc(SCC(=O)N2N=C(c3ccc(C)cc3)CC2c2ccco2)o1. The van der Waals surface area contributed by atoms with Crippen LogP contribution in [0.4, 0.5) is 0 Å².